The Morgan fingerprint density at radius 1 is 1.31 bits per heavy atom. The molecule has 0 saturated heterocycles. The van der Waals surface area contributed by atoms with Crippen molar-refractivity contribution < 1.29 is 9.32 Å². The van der Waals surface area contributed by atoms with Crippen molar-refractivity contribution in [3.63, 3.8) is 0 Å². The van der Waals surface area contributed by atoms with Gasteiger partial charge >= 0.3 is 0 Å². The Bertz CT molecular complexity index is 410. The molecule has 0 aliphatic rings. The predicted octanol–water partition coefficient (Wildman–Crippen LogP) is 0.944. The number of nitrogens with zero attached hydrogens (tertiary/aromatic N) is 3. The van der Waals surface area contributed by atoms with Crippen LogP contribution in [0.4, 0.5) is 0 Å². The van der Waals surface area contributed by atoms with Crippen molar-refractivity contribution in [3.05, 3.63) is 30.4 Å². The van der Waals surface area contributed by atoms with Crippen LogP contribution in [0.5, 0.6) is 0 Å². The molecule has 0 aliphatic heterocycles. The number of carbonyl (C=O) groups is 1. The van der Waals surface area contributed by atoms with Crippen molar-refractivity contribution in [3.8, 4) is 11.4 Å². The van der Waals surface area contributed by atoms with E-state index in [0.29, 0.717) is 12.1 Å². The molecule has 0 unspecified atom stereocenters. The highest BCUT2D eigenvalue weighted by Gasteiger charge is 2.05. The third-order valence-corrected chi connectivity index (χ3v) is 1.48. The second-order valence-corrected chi connectivity index (χ2v) is 2.31. The molecule has 64 valence electrons. The number of aromatic nitrogens is 3. The summed E-state index contributed by atoms with van der Waals surface area (Å²) in [6.45, 7) is 0. The lowest BCUT2D eigenvalue weighted by Gasteiger charge is -1.89. The lowest BCUT2D eigenvalue weighted by molar-refractivity contribution is 0.108. The van der Waals surface area contributed by atoms with E-state index in [4.69, 9.17) is 0 Å². The number of carbonyl (C=O) groups excluding carboxylic acids is 1. The van der Waals surface area contributed by atoms with Crippen molar-refractivity contribution >= 4 is 6.29 Å². The van der Waals surface area contributed by atoms with Gasteiger partial charge in [-0.05, 0) is 12.1 Å². The second-order valence-electron chi connectivity index (χ2n) is 2.31. The number of pyridine rings is 1. The summed E-state index contributed by atoms with van der Waals surface area (Å²) in [6.07, 6.45) is 3.75. The highest BCUT2D eigenvalue weighted by molar-refractivity contribution is 5.68. The van der Waals surface area contributed by atoms with Crippen molar-refractivity contribution in [2.75, 3.05) is 0 Å². The average molecular weight is 175 g/mol. The number of rotatable bonds is 2. The summed E-state index contributed by atoms with van der Waals surface area (Å²) in [4.78, 5) is 17.9. The maximum absolute atomic E-state index is 10.2. The molecule has 0 amide bonds. The third-order valence-electron chi connectivity index (χ3n) is 1.48. The van der Waals surface area contributed by atoms with Crippen LogP contribution in [-0.2, 0) is 0 Å². The molecule has 0 aromatic carbocycles. The van der Waals surface area contributed by atoms with Crippen LogP contribution in [0.25, 0.3) is 11.4 Å². The zero-order chi connectivity index (χ0) is 9.10. The fourth-order valence-corrected chi connectivity index (χ4v) is 0.901. The molecule has 5 heteroatoms. The van der Waals surface area contributed by atoms with Gasteiger partial charge in [-0.15, -0.1) is 0 Å². The Labute approximate surface area is 73.4 Å². The van der Waals surface area contributed by atoms with Crippen molar-refractivity contribution in [2.45, 2.75) is 0 Å². The molecule has 0 fully saturated rings. The summed E-state index contributed by atoms with van der Waals surface area (Å²) in [5, 5.41) is 3.61. The fraction of sp³-hybridized carbons (Fsp3) is 0. The van der Waals surface area contributed by atoms with E-state index in [2.05, 4.69) is 19.6 Å². The highest BCUT2D eigenvalue weighted by Crippen LogP contribution is 2.12. The standard InChI is InChI=1S/C8H5N3O2/c12-5-7-10-8(11-13-7)6-1-3-9-4-2-6/h1-5H. The summed E-state index contributed by atoms with van der Waals surface area (Å²) >= 11 is 0. The first-order valence-corrected chi connectivity index (χ1v) is 3.59. The van der Waals surface area contributed by atoms with Gasteiger partial charge in [-0.1, -0.05) is 5.16 Å². The number of hydrogen-bond acceptors (Lipinski definition) is 5. The third kappa shape index (κ3) is 1.44. The Kier molecular flexibility index (Phi) is 1.84. The topological polar surface area (TPSA) is 68.9 Å². The summed E-state index contributed by atoms with van der Waals surface area (Å²) < 4.78 is 4.62. The van der Waals surface area contributed by atoms with Gasteiger partial charge in [-0.25, -0.2) is 0 Å². The first-order chi connectivity index (χ1) is 6.40. The second kappa shape index (κ2) is 3.14. The van der Waals surface area contributed by atoms with Crippen LogP contribution in [0.2, 0.25) is 0 Å². The van der Waals surface area contributed by atoms with Crippen molar-refractivity contribution in [1.82, 2.24) is 15.1 Å². The van der Waals surface area contributed by atoms with Gasteiger partial charge in [-0.3, -0.25) is 9.78 Å². The van der Waals surface area contributed by atoms with E-state index >= 15 is 0 Å². The normalized spacial score (nSPS) is 9.85. The van der Waals surface area contributed by atoms with Crippen LogP contribution in [-0.4, -0.2) is 21.4 Å². The van der Waals surface area contributed by atoms with E-state index in [1.54, 1.807) is 24.5 Å². The zero-order valence-corrected chi connectivity index (χ0v) is 6.54. The smallest absolute Gasteiger partial charge is 0.291 e. The van der Waals surface area contributed by atoms with E-state index in [1.807, 2.05) is 0 Å². The SMILES string of the molecule is O=Cc1nc(-c2ccncc2)no1. The van der Waals surface area contributed by atoms with Crippen molar-refractivity contribution in [2.24, 2.45) is 0 Å². The van der Waals surface area contributed by atoms with Gasteiger partial charge in [0.15, 0.2) is 0 Å². The van der Waals surface area contributed by atoms with Gasteiger partial charge in [0, 0.05) is 18.0 Å². The summed E-state index contributed by atoms with van der Waals surface area (Å²) in [7, 11) is 0. The van der Waals surface area contributed by atoms with Gasteiger partial charge in [0.25, 0.3) is 5.89 Å². The minimum atomic E-state index is -0.0215. The molecule has 5 nitrogen and oxygen atoms in total. The minimum absolute atomic E-state index is 0.0215. The first-order valence-electron chi connectivity index (χ1n) is 3.59. The van der Waals surface area contributed by atoms with Gasteiger partial charge in [0.2, 0.25) is 12.1 Å². The Morgan fingerprint density at radius 2 is 2.08 bits per heavy atom. The lowest BCUT2D eigenvalue weighted by atomic mass is 10.3. The Hall–Kier alpha value is -2.04. The molecule has 2 rings (SSSR count). The van der Waals surface area contributed by atoms with Gasteiger partial charge < -0.3 is 4.52 Å². The lowest BCUT2D eigenvalue weighted by Crippen LogP contribution is -1.81. The molecule has 0 radical (unpaired) electrons. The van der Waals surface area contributed by atoms with Crippen LogP contribution in [0.1, 0.15) is 10.7 Å². The molecule has 2 aromatic heterocycles. The molecule has 0 aliphatic carbocycles. The maximum Gasteiger partial charge on any atom is 0.291 e. The van der Waals surface area contributed by atoms with E-state index < -0.39 is 0 Å². The molecule has 0 bridgehead atoms. The van der Waals surface area contributed by atoms with E-state index in [0.717, 1.165) is 5.56 Å². The van der Waals surface area contributed by atoms with Gasteiger partial charge in [0.1, 0.15) is 0 Å². The molecule has 0 saturated carbocycles. The zero-order valence-electron chi connectivity index (χ0n) is 6.54. The Balaban J connectivity index is 2.41. The molecular formula is C8H5N3O2. The molecular weight excluding hydrogens is 170 g/mol. The average Bonchev–Trinajstić information content (AvgIpc) is 2.67. The molecule has 0 N–H and O–H groups in total. The maximum atomic E-state index is 10.2. The molecule has 0 spiro atoms. The van der Waals surface area contributed by atoms with E-state index in [1.165, 1.54) is 0 Å². The number of aldehydes is 1. The molecule has 0 atom stereocenters. The summed E-state index contributed by atoms with van der Waals surface area (Å²) in [5.41, 5.74) is 0.770. The molecule has 2 heterocycles. The minimum Gasteiger partial charge on any atom is -0.331 e. The largest absolute Gasteiger partial charge is 0.331 e. The predicted molar refractivity (Wildman–Crippen MR) is 42.9 cm³/mol. The molecule has 13 heavy (non-hydrogen) atoms. The van der Waals surface area contributed by atoms with Crippen LogP contribution < -0.4 is 0 Å². The monoisotopic (exact) mass is 175 g/mol. The van der Waals surface area contributed by atoms with Crippen LogP contribution >= 0.6 is 0 Å². The van der Waals surface area contributed by atoms with Crippen LogP contribution in [0, 0.1) is 0 Å². The first kappa shape index (κ1) is 7.60. The highest BCUT2D eigenvalue weighted by atomic mass is 16.5. The van der Waals surface area contributed by atoms with Crippen LogP contribution in [0.15, 0.2) is 29.0 Å². The van der Waals surface area contributed by atoms with Gasteiger partial charge in [0.05, 0.1) is 0 Å². The molecule has 2 aromatic rings. The van der Waals surface area contributed by atoms with Gasteiger partial charge in [-0.2, -0.15) is 4.98 Å². The summed E-state index contributed by atoms with van der Waals surface area (Å²) in [6, 6.07) is 3.47. The van der Waals surface area contributed by atoms with Crippen molar-refractivity contribution in [1.29, 1.82) is 0 Å². The van der Waals surface area contributed by atoms with E-state index in [-0.39, 0.29) is 5.89 Å². The van der Waals surface area contributed by atoms with E-state index in [9.17, 15) is 4.79 Å². The van der Waals surface area contributed by atoms with Crippen LogP contribution in [0.3, 0.4) is 0 Å². The Morgan fingerprint density at radius 3 is 2.69 bits per heavy atom. The fourth-order valence-electron chi connectivity index (χ4n) is 0.901. The quantitative estimate of drug-likeness (QED) is 0.635. The number of hydrogen-bond donors (Lipinski definition) is 0. The summed E-state index contributed by atoms with van der Waals surface area (Å²) in [5.74, 6) is 0.372.